The third-order valence-electron chi connectivity index (χ3n) is 3.07. The molecule has 2 aromatic heterocycles. The van der Waals surface area contributed by atoms with Crippen molar-refractivity contribution >= 4 is 39.3 Å². The van der Waals surface area contributed by atoms with Gasteiger partial charge in [-0.3, -0.25) is 4.79 Å². The second-order valence-electron chi connectivity index (χ2n) is 4.20. The number of carbonyl (C=O) groups excluding carboxylic acids is 1. The van der Waals surface area contributed by atoms with Crippen LogP contribution in [0.4, 0.5) is 0 Å². The first-order valence-corrected chi connectivity index (χ1v) is 7.40. The lowest BCUT2D eigenvalue weighted by Gasteiger charge is -2.06. The van der Waals surface area contributed by atoms with E-state index < -0.39 is 0 Å². The Bertz CT molecular complexity index is 624. The Labute approximate surface area is 113 Å². The van der Waals surface area contributed by atoms with Gasteiger partial charge in [-0.05, 0) is 19.4 Å². The summed E-state index contributed by atoms with van der Waals surface area (Å²) in [6.07, 6.45) is 2.33. The second kappa shape index (κ2) is 4.51. The topological polar surface area (TPSA) is 52.1 Å². The molecule has 0 saturated carbocycles. The van der Waals surface area contributed by atoms with Crippen LogP contribution in [0.3, 0.4) is 0 Å². The third-order valence-corrected chi connectivity index (χ3v) is 5.43. The summed E-state index contributed by atoms with van der Waals surface area (Å²) in [6.45, 7) is 4.68. The molecule has 0 N–H and O–H groups in total. The number of nitrogens with zero attached hydrogens (tertiary/aromatic N) is 2. The molecule has 0 radical (unpaired) electrons. The van der Waals surface area contributed by atoms with Crippen molar-refractivity contribution in [3.8, 4) is 0 Å². The van der Waals surface area contributed by atoms with E-state index in [2.05, 4.69) is 23.8 Å². The largest absolute Gasteiger partial charge is 0.465 e. The van der Waals surface area contributed by atoms with Crippen LogP contribution in [-0.4, -0.2) is 27.8 Å². The molecule has 0 unspecified atom stereocenters. The molecule has 0 amide bonds. The van der Waals surface area contributed by atoms with Crippen LogP contribution in [0.2, 0.25) is 0 Å². The Morgan fingerprint density at radius 1 is 1.44 bits per heavy atom. The number of hydrogen-bond donors (Lipinski definition) is 0. The van der Waals surface area contributed by atoms with Crippen molar-refractivity contribution < 1.29 is 9.53 Å². The molecule has 1 saturated heterocycles. The van der Waals surface area contributed by atoms with E-state index in [0.717, 1.165) is 21.7 Å². The number of carbonyl (C=O) groups is 1. The van der Waals surface area contributed by atoms with E-state index >= 15 is 0 Å². The number of thiophene rings is 1. The Morgan fingerprint density at radius 3 is 3.00 bits per heavy atom. The van der Waals surface area contributed by atoms with Gasteiger partial charge in [-0.25, -0.2) is 9.97 Å². The first-order chi connectivity index (χ1) is 8.66. The monoisotopic (exact) mass is 280 g/mol. The van der Waals surface area contributed by atoms with Gasteiger partial charge in [0.25, 0.3) is 0 Å². The van der Waals surface area contributed by atoms with E-state index in [1.807, 2.05) is 0 Å². The van der Waals surface area contributed by atoms with E-state index in [0.29, 0.717) is 6.61 Å². The third kappa shape index (κ3) is 1.89. The summed E-state index contributed by atoms with van der Waals surface area (Å²) in [5, 5.41) is 1.86. The molecule has 3 heterocycles. The van der Waals surface area contributed by atoms with Gasteiger partial charge in [0.05, 0.1) is 6.61 Å². The zero-order chi connectivity index (χ0) is 12.7. The first-order valence-electron chi connectivity index (χ1n) is 5.71. The maximum absolute atomic E-state index is 11.5. The summed E-state index contributed by atoms with van der Waals surface area (Å²) in [5.74, 6) is -0.128. The van der Waals surface area contributed by atoms with E-state index in [-0.39, 0.29) is 11.2 Å². The van der Waals surface area contributed by atoms with Crippen LogP contribution in [0.5, 0.6) is 0 Å². The fourth-order valence-electron chi connectivity index (χ4n) is 1.96. The lowest BCUT2D eigenvalue weighted by molar-refractivity contribution is -0.137. The molecule has 2 aromatic rings. The number of esters is 1. The van der Waals surface area contributed by atoms with Crippen LogP contribution in [0, 0.1) is 13.8 Å². The maximum atomic E-state index is 11.5. The zero-order valence-corrected chi connectivity index (χ0v) is 11.7. The molecule has 4 nitrogen and oxygen atoms in total. The molecule has 0 bridgehead atoms. The minimum Gasteiger partial charge on any atom is -0.465 e. The molecule has 0 aromatic carbocycles. The standard InChI is InChI=1S/C12H12N2O2S2/c1-6-7(2)17-10-9(6)11(14-5-13-10)18-8-3-4-16-12(8)15/h5,8H,3-4H2,1-2H3/t8-/m1/s1. The summed E-state index contributed by atoms with van der Waals surface area (Å²) in [5.41, 5.74) is 1.21. The van der Waals surface area contributed by atoms with Crippen LogP contribution in [0.1, 0.15) is 16.9 Å². The van der Waals surface area contributed by atoms with E-state index in [4.69, 9.17) is 4.74 Å². The van der Waals surface area contributed by atoms with Gasteiger partial charge in [-0.1, -0.05) is 11.8 Å². The molecular formula is C12H12N2O2S2. The van der Waals surface area contributed by atoms with Gasteiger partial charge in [0.1, 0.15) is 21.4 Å². The number of aryl methyl sites for hydroxylation is 2. The molecule has 0 spiro atoms. The van der Waals surface area contributed by atoms with Gasteiger partial charge in [0.15, 0.2) is 0 Å². The van der Waals surface area contributed by atoms with Gasteiger partial charge in [0, 0.05) is 16.7 Å². The molecule has 0 aliphatic carbocycles. The molecule has 6 heteroatoms. The van der Waals surface area contributed by atoms with Crippen LogP contribution in [0.15, 0.2) is 11.4 Å². The predicted octanol–water partition coefficient (Wildman–Crippen LogP) is 2.72. The number of ether oxygens (including phenoxy) is 1. The fraction of sp³-hybridized carbons (Fsp3) is 0.417. The van der Waals surface area contributed by atoms with Crippen molar-refractivity contribution in [3.05, 3.63) is 16.8 Å². The van der Waals surface area contributed by atoms with Crippen LogP contribution < -0.4 is 0 Å². The van der Waals surface area contributed by atoms with Gasteiger partial charge < -0.3 is 4.74 Å². The smallest absolute Gasteiger partial charge is 0.319 e. The minimum atomic E-state index is -0.128. The van der Waals surface area contributed by atoms with Crippen LogP contribution in [-0.2, 0) is 9.53 Å². The van der Waals surface area contributed by atoms with Gasteiger partial charge in [0.2, 0.25) is 0 Å². The number of hydrogen-bond acceptors (Lipinski definition) is 6. The summed E-state index contributed by atoms with van der Waals surface area (Å²) in [7, 11) is 0. The number of rotatable bonds is 2. The van der Waals surface area contributed by atoms with Crippen molar-refractivity contribution in [2.45, 2.75) is 30.5 Å². The Kier molecular flexibility index (Phi) is 2.99. The van der Waals surface area contributed by atoms with E-state index in [1.165, 1.54) is 22.2 Å². The van der Waals surface area contributed by atoms with Crippen LogP contribution >= 0.6 is 23.1 Å². The Hall–Kier alpha value is -1.14. The quantitative estimate of drug-likeness (QED) is 0.625. The maximum Gasteiger partial charge on any atom is 0.319 e. The lowest BCUT2D eigenvalue weighted by atomic mass is 10.2. The summed E-state index contributed by atoms with van der Waals surface area (Å²) < 4.78 is 4.98. The van der Waals surface area contributed by atoms with Gasteiger partial charge in [-0.2, -0.15) is 0 Å². The molecule has 1 aliphatic heterocycles. The average Bonchev–Trinajstić information content (AvgIpc) is 2.86. The van der Waals surface area contributed by atoms with E-state index in [9.17, 15) is 4.79 Å². The highest BCUT2D eigenvalue weighted by molar-refractivity contribution is 8.00. The van der Waals surface area contributed by atoms with E-state index in [1.54, 1.807) is 17.7 Å². The Balaban J connectivity index is 2.03. The molecule has 3 rings (SSSR count). The van der Waals surface area contributed by atoms with Gasteiger partial charge in [-0.15, -0.1) is 11.3 Å². The number of thioether (sulfide) groups is 1. The highest BCUT2D eigenvalue weighted by Gasteiger charge is 2.29. The predicted molar refractivity (Wildman–Crippen MR) is 72.1 cm³/mol. The molecule has 1 aliphatic rings. The van der Waals surface area contributed by atoms with Crippen molar-refractivity contribution in [1.82, 2.24) is 9.97 Å². The van der Waals surface area contributed by atoms with Crippen LogP contribution in [0.25, 0.3) is 10.2 Å². The Morgan fingerprint density at radius 2 is 2.28 bits per heavy atom. The van der Waals surface area contributed by atoms with Crippen molar-refractivity contribution in [1.29, 1.82) is 0 Å². The van der Waals surface area contributed by atoms with Gasteiger partial charge >= 0.3 is 5.97 Å². The molecule has 94 valence electrons. The number of cyclic esters (lactones) is 1. The molecule has 1 fully saturated rings. The second-order valence-corrected chi connectivity index (χ2v) is 6.60. The fourth-order valence-corrected chi connectivity index (χ4v) is 4.14. The number of aromatic nitrogens is 2. The summed E-state index contributed by atoms with van der Waals surface area (Å²) in [6, 6.07) is 0. The highest BCUT2D eigenvalue weighted by atomic mass is 32.2. The molecule has 1 atom stereocenters. The molecule has 18 heavy (non-hydrogen) atoms. The van der Waals surface area contributed by atoms with Crippen molar-refractivity contribution in [2.24, 2.45) is 0 Å². The average molecular weight is 280 g/mol. The summed E-state index contributed by atoms with van der Waals surface area (Å²) in [4.78, 5) is 22.4. The SMILES string of the molecule is Cc1sc2ncnc(S[C@@H]3CCOC3=O)c2c1C. The highest BCUT2D eigenvalue weighted by Crippen LogP contribution is 2.37. The first kappa shape index (κ1) is 11.9. The summed E-state index contributed by atoms with van der Waals surface area (Å²) >= 11 is 3.17. The zero-order valence-electron chi connectivity index (χ0n) is 10.1. The van der Waals surface area contributed by atoms with Crippen molar-refractivity contribution in [3.63, 3.8) is 0 Å². The number of fused-ring (bicyclic) bond motifs is 1. The normalized spacial score (nSPS) is 19.4. The molecular weight excluding hydrogens is 268 g/mol. The van der Waals surface area contributed by atoms with Crippen molar-refractivity contribution in [2.75, 3.05) is 6.61 Å². The minimum absolute atomic E-state index is 0.122. The lowest BCUT2D eigenvalue weighted by Crippen LogP contribution is -2.09.